The summed E-state index contributed by atoms with van der Waals surface area (Å²) in [5, 5.41) is 32.5. The van der Waals surface area contributed by atoms with E-state index < -0.39 is 82.6 Å². The van der Waals surface area contributed by atoms with Gasteiger partial charge in [-0.2, -0.15) is 0 Å². The van der Waals surface area contributed by atoms with Crippen LogP contribution in [0.5, 0.6) is 0 Å². The molecule has 4 aromatic rings. The van der Waals surface area contributed by atoms with Gasteiger partial charge in [0.05, 0.1) is 97.2 Å². The molecule has 2 fully saturated rings. The zero-order chi connectivity index (χ0) is 57.3. The minimum Gasteiger partial charge on any atom is -0.391 e. The molecule has 2 aromatic heterocycles. The van der Waals surface area contributed by atoms with Crippen molar-refractivity contribution in [1.82, 2.24) is 41.0 Å². The zero-order valence-electron chi connectivity index (χ0n) is 46.5. The Morgan fingerprint density at radius 3 is 1.19 bits per heavy atom. The summed E-state index contributed by atoms with van der Waals surface area (Å²) < 4.78 is 27.7. The van der Waals surface area contributed by atoms with E-state index in [-0.39, 0.29) is 105 Å². The number of benzene rings is 2. The first kappa shape index (κ1) is 62.4. The molecule has 6 unspecified atom stereocenters. The molecule has 6 rings (SSSR count). The number of likely N-dealkylation sites (tertiary alicyclic amines) is 2. The van der Waals surface area contributed by atoms with E-state index in [1.807, 2.05) is 104 Å². The number of aryl methyl sites for hydroxylation is 2. The molecule has 2 aliphatic heterocycles. The molecule has 23 heteroatoms. The Morgan fingerprint density at radius 1 is 0.557 bits per heavy atom. The van der Waals surface area contributed by atoms with Crippen molar-refractivity contribution in [3.05, 3.63) is 82.1 Å². The number of aliphatic hydroxyl groups excluding tert-OH is 2. The summed E-state index contributed by atoms with van der Waals surface area (Å²) in [4.78, 5) is 94.2. The van der Waals surface area contributed by atoms with E-state index in [9.17, 15) is 39.0 Å². The fourth-order valence-electron chi connectivity index (χ4n) is 9.07. The summed E-state index contributed by atoms with van der Waals surface area (Å²) in [7, 11) is 0. The highest BCUT2D eigenvalue weighted by Crippen LogP contribution is 2.31. The predicted molar refractivity (Wildman–Crippen MR) is 297 cm³/mol. The van der Waals surface area contributed by atoms with Gasteiger partial charge in [-0.25, -0.2) is 9.97 Å². The summed E-state index contributed by atoms with van der Waals surface area (Å²) >= 11 is 3.12. The van der Waals surface area contributed by atoms with Gasteiger partial charge in [-0.1, -0.05) is 90.1 Å². The van der Waals surface area contributed by atoms with E-state index in [1.165, 1.54) is 9.80 Å². The van der Waals surface area contributed by atoms with Crippen LogP contribution >= 0.6 is 22.7 Å². The van der Waals surface area contributed by atoms with Crippen LogP contribution in [0.3, 0.4) is 0 Å². The van der Waals surface area contributed by atoms with Crippen LogP contribution in [0.2, 0.25) is 0 Å². The first-order chi connectivity index (χ1) is 37.6. The van der Waals surface area contributed by atoms with Crippen molar-refractivity contribution in [2.24, 2.45) is 10.8 Å². The number of amides is 6. The summed E-state index contributed by atoms with van der Waals surface area (Å²) in [6, 6.07) is 11.8. The normalized spacial score (nSPS) is 18.3. The molecule has 6 N–H and O–H groups in total. The lowest BCUT2D eigenvalue weighted by Gasteiger charge is -2.35. The third-order valence-electron chi connectivity index (χ3n) is 13.4. The number of hydrogen-bond acceptors (Lipinski definition) is 17. The lowest BCUT2D eigenvalue weighted by molar-refractivity contribution is -0.144. The van der Waals surface area contributed by atoms with Gasteiger partial charge in [-0.05, 0) is 46.9 Å². The Balaban J connectivity index is 0.795. The topological polar surface area (TPSA) is 269 Å². The number of aliphatic hydroxyl groups is 2. The molecule has 0 saturated carbocycles. The van der Waals surface area contributed by atoms with Crippen molar-refractivity contribution in [3.8, 4) is 20.9 Å². The Bertz CT molecular complexity index is 2460. The Labute approximate surface area is 470 Å². The van der Waals surface area contributed by atoms with Crippen molar-refractivity contribution in [3.63, 3.8) is 0 Å². The molecule has 79 heavy (non-hydrogen) atoms. The minimum atomic E-state index is -0.995. The minimum absolute atomic E-state index is 0.0389. The summed E-state index contributed by atoms with van der Waals surface area (Å²) in [6.07, 6.45) is -1.63. The van der Waals surface area contributed by atoms with E-state index >= 15 is 0 Å². The van der Waals surface area contributed by atoms with Gasteiger partial charge in [-0.15, -0.1) is 22.7 Å². The number of nitrogens with one attached hydrogen (secondary N) is 4. The van der Waals surface area contributed by atoms with E-state index in [2.05, 4.69) is 31.2 Å². The Kier molecular flexibility index (Phi) is 23.4. The number of β-amino-alcohol motifs (C(OH)–C–C–N with tert-alkyl or cyclic N) is 2. The van der Waals surface area contributed by atoms with Crippen LogP contribution in [-0.2, 0) is 65.5 Å². The van der Waals surface area contributed by atoms with Gasteiger partial charge in [0, 0.05) is 39.0 Å². The van der Waals surface area contributed by atoms with Crippen LogP contribution in [0, 0.1) is 24.7 Å². The van der Waals surface area contributed by atoms with E-state index in [0.29, 0.717) is 0 Å². The molecule has 6 atom stereocenters. The predicted octanol–water partition coefficient (Wildman–Crippen LogP) is 3.55. The maximum absolute atomic E-state index is 14.0. The van der Waals surface area contributed by atoms with Crippen LogP contribution < -0.4 is 21.3 Å². The summed E-state index contributed by atoms with van der Waals surface area (Å²) in [6.45, 7) is 16.2. The molecule has 2 aromatic carbocycles. The molecule has 0 radical (unpaired) electrons. The third-order valence-corrected chi connectivity index (χ3v) is 15.3. The molecular formula is C56H78N8O13S2. The zero-order valence-corrected chi connectivity index (χ0v) is 48.2. The van der Waals surface area contributed by atoms with Crippen LogP contribution in [0.1, 0.15) is 76.9 Å². The van der Waals surface area contributed by atoms with Gasteiger partial charge in [-0.3, -0.25) is 28.8 Å². The largest absolute Gasteiger partial charge is 0.391 e. The average Bonchev–Trinajstić information content (AvgIpc) is 4.28. The number of ether oxygens (including phenoxy) is 5. The second-order valence-corrected chi connectivity index (χ2v) is 23.5. The van der Waals surface area contributed by atoms with Gasteiger partial charge in [0.2, 0.25) is 35.4 Å². The van der Waals surface area contributed by atoms with Crippen LogP contribution in [-0.4, -0.2) is 181 Å². The third kappa shape index (κ3) is 18.7. The maximum Gasteiger partial charge on any atom is 0.246 e. The average molecular weight is 1140 g/mol. The molecule has 0 aliphatic carbocycles. The molecule has 21 nitrogen and oxygen atoms in total. The second-order valence-electron chi connectivity index (χ2n) is 21.8. The molecule has 0 spiro atoms. The smallest absolute Gasteiger partial charge is 0.246 e. The number of carbonyl (C=O) groups excluding carboxylic acids is 6. The van der Waals surface area contributed by atoms with Crippen molar-refractivity contribution in [2.45, 2.75) is 118 Å². The van der Waals surface area contributed by atoms with E-state index in [1.54, 1.807) is 33.7 Å². The van der Waals surface area contributed by atoms with Crippen molar-refractivity contribution >= 4 is 58.1 Å². The molecule has 432 valence electrons. The number of nitrogens with zero attached hydrogens (tertiary/aromatic N) is 4. The quantitative estimate of drug-likeness (QED) is 0.0444. The van der Waals surface area contributed by atoms with E-state index in [0.717, 1.165) is 43.4 Å². The number of rotatable bonds is 28. The number of thiazole rings is 2. The van der Waals surface area contributed by atoms with Gasteiger partial charge in [0.15, 0.2) is 0 Å². The van der Waals surface area contributed by atoms with Crippen molar-refractivity contribution < 1.29 is 62.7 Å². The highest BCUT2D eigenvalue weighted by molar-refractivity contribution is 7.13. The van der Waals surface area contributed by atoms with Crippen molar-refractivity contribution in [2.75, 3.05) is 79.2 Å². The number of hydrogen-bond donors (Lipinski definition) is 6. The van der Waals surface area contributed by atoms with Gasteiger partial charge in [0.1, 0.15) is 37.4 Å². The monoisotopic (exact) mass is 1130 g/mol. The Hall–Kier alpha value is -5.76. The second kappa shape index (κ2) is 29.6. The first-order valence-corrected chi connectivity index (χ1v) is 28.3. The number of carbonyl (C=O) groups is 6. The van der Waals surface area contributed by atoms with Gasteiger partial charge >= 0.3 is 0 Å². The summed E-state index contributed by atoms with van der Waals surface area (Å²) in [5.41, 5.74) is 7.88. The van der Waals surface area contributed by atoms with Crippen LogP contribution in [0.25, 0.3) is 20.9 Å². The molecule has 2 aliphatic rings. The van der Waals surface area contributed by atoms with Crippen LogP contribution in [0.4, 0.5) is 0 Å². The number of aromatic nitrogens is 2. The lowest BCUT2D eigenvalue weighted by Crippen LogP contribution is -2.58. The van der Waals surface area contributed by atoms with Crippen LogP contribution in [0.15, 0.2) is 59.6 Å². The fourth-order valence-corrected chi connectivity index (χ4v) is 10.7. The fraction of sp³-hybridized carbons (Fsp3) is 0.571. The molecule has 0 bridgehead atoms. The molecule has 6 amide bonds. The van der Waals surface area contributed by atoms with Gasteiger partial charge < -0.3 is 65.0 Å². The highest BCUT2D eigenvalue weighted by Gasteiger charge is 2.46. The van der Waals surface area contributed by atoms with E-state index in [4.69, 9.17) is 23.7 Å². The molecule has 2 saturated heterocycles. The summed E-state index contributed by atoms with van der Waals surface area (Å²) in [5.74, 6) is -2.75. The molecule has 4 heterocycles. The maximum atomic E-state index is 14.0. The lowest BCUT2D eigenvalue weighted by atomic mass is 9.85. The van der Waals surface area contributed by atoms with Crippen molar-refractivity contribution in [1.29, 1.82) is 0 Å². The SMILES string of the molecule is Cc1ncsc1-c1ccc(CNC(=O)C2CC(O)CN2C(=O)C(NC(=O)COCCOCCOCCOCCOCC(=O)NC(C(=O)N2CC(O)CC2C(=O)NCc2ccc(-c3scnc3C)cc2)C(C)(C)C)C(C)(C)C)cc1. The Morgan fingerprint density at radius 2 is 0.886 bits per heavy atom. The standard InChI is InChI=1S/C56H78N8O13S2/c1-35-47(78-33-59-35)39-13-9-37(10-14-39)27-57-51(69)43-25-41(65)29-63(43)53(71)49(55(3,4)5)61-45(67)31-76-23-21-74-19-17-73-18-20-75-22-24-77-32-46(68)62-50(56(6,7)8)54(72)64-30-42(66)26-44(64)52(70)58-28-38-11-15-40(16-12-38)48-36(2)60-34-79-48/h9-16,33-34,41-44,49-50,65-66H,17-32H2,1-8H3,(H,57,69)(H,58,70)(H,61,67)(H,62,68). The molecular weight excluding hydrogens is 1060 g/mol. The first-order valence-electron chi connectivity index (χ1n) is 26.6. The van der Waals surface area contributed by atoms with Gasteiger partial charge in [0.25, 0.3) is 0 Å². The highest BCUT2D eigenvalue weighted by atomic mass is 32.1.